The van der Waals surface area contributed by atoms with E-state index in [0.717, 1.165) is 5.69 Å². The third-order valence-corrected chi connectivity index (χ3v) is 4.47. The van der Waals surface area contributed by atoms with Crippen molar-refractivity contribution < 1.29 is 8.78 Å². The Balaban J connectivity index is 2.02. The number of anilines is 1. The van der Waals surface area contributed by atoms with Gasteiger partial charge < -0.3 is 10.2 Å². The molecule has 0 heterocycles. The predicted molar refractivity (Wildman–Crippen MR) is 102 cm³/mol. The molecule has 128 valence electrons. The molecule has 0 radical (unpaired) electrons. The Hall–Kier alpha value is -1.66. The molecule has 0 saturated carbocycles. The Morgan fingerprint density at radius 2 is 1.71 bits per heavy atom. The Bertz CT molecular complexity index is 646. The lowest BCUT2D eigenvalue weighted by Gasteiger charge is -2.30. The molecule has 0 atom stereocenters. The number of rotatable bonds is 6. The third-order valence-electron chi connectivity index (χ3n) is 3.41. The van der Waals surface area contributed by atoms with Crippen molar-refractivity contribution in [1.29, 1.82) is 0 Å². The van der Waals surface area contributed by atoms with E-state index in [1.165, 1.54) is 5.56 Å². The van der Waals surface area contributed by atoms with Gasteiger partial charge in [-0.1, -0.05) is 42.1 Å². The third kappa shape index (κ3) is 5.76. The molecule has 0 aromatic heterocycles. The van der Waals surface area contributed by atoms with E-state index in [4.69, 9.17) is 12.2 Å². The van der Waals surface area contributed by atoms with E-state index in [0.29, 0.717) is 28.3 Å². The maximum atomic E-state index is 12.4. The highest BCUT2D eigenvalue weighted by atomic mass is 32.2. The summed E-state index contributed by atoms with van der Waals surface area (Å²) in [4.78, 5) is 2.62. The molecular formula is C18H20F2N2S2. The zero-order valence-corrected chi connectivity index (χ0v) is 15.2. The van der Waals surface area contributed by atoms with Crippen LogP contribution in [0.4, 0.5) is 14.5 Å². The van der Waals surface area contributed by atoms with Crippen molar-refractivity contribution in [2.24, 2.45) is 0 Å². The SMILES string of the molecule is CC(C)N(Cc1ccccc1)C(=S)Nc1ccc(SC(F)F)cc1. The molecule has 0 aliphatic rings. The average molecular weight is 367 g/mol. The first-order chi connectivity index (χ1) is 11.5. The second-order valence-electron chi connectivity index (χ2n) is 5.54. The van der Waals surface area contributed by atoms with Crippen LogP contribution >= 0.6 is 24.0 Å². The molecule has 0 unspecified atom stereocenters. The Morgan fingerprint density at radius 1 is 1.08 bits per heavy atom. The van der Waals surface area contributed by atoms with Crippen LogP contribution in [-0.4, -0.2) is 21.8 Å². The van der Waals surface area contributed by atoms with Gasteiger partial charge in [-0.3, -0.25) is 0 Å². The molecule has 24 heavy (non-hydrogen) atoms. The van der Waals surface area contributed by atoms with Crippen LogP contribution in [0.2, 0.25) is 0 Å². The van der Waals surface area contributed by atoms with Crippen molar-refractivity contribution in [2.75, 3.05) is 5.32 Å². The van der Waals surface area contributed by atoms with Gasteiger partial charge in [-0.2, -0.15) is 8.78 Å². The Labute approximate surface area is 151 Å². The molecule has 2 aromatic carbocycles. The normalized spacial score (nSPS) is 10.9. The fraction of sp³-hybridized carbons (Fsp3) is 0.278. The topological polar surface area (TPSA) is 15.3 Å². The highest BCUT2D eigenvalue weighted by molar-refractivity contribution is 7.99. The molecule has 6 heteroatoms. The molecule has 0 spiro atoms. The summed E-state index contributed by atoms with van der Waals surface area (Å²) in [5.74, 6) is -2.41. The molecule has 0 aliphatic heterocycles. The summed E-state index contributed by atoms with van der Waals surface area (Å²) in [6, 6.07) is 17.2. The van der Waals surface area contributed by atoms with E-state index in [9.17, 15) is 8.78 Å². The molecule has 0 saturated heterocycles. The van der Waals surface area contributed by atoms with Crippen molar-refractivity contribution in [3.63, 3.8) is 0 Å². The predicted octanol–water partition coefficient (Wildman–Crippen LogP) is 5.61. The van der Waals surface area contributed by atoms with Gasteiger partial charge in [0, 0.05) is 23.2 Å². The van der Waals surface area contributed by atoms with Gasteiger partial charge in [0.1, 0.15) is 0 Å². The second-order valence-corrected chi connectivity index (χ2v) is 6.99. The molecule has 0 fully saturated rings. The number of hydrogen-bond acceptors (Lipinski definition) is 2. The molecule has 0 bridgehead atoms. The van der Waals surface area contributed by atoms with Crippen molar-refractivity contribution in [3.8, 4) is 0 Å². The Morgan fingerprint density at radius 3 is 2.25 bits per heavy atom. The first kappa shape index (κ1) is 18.7. The van der Waals surface area contributed by atoms with Gasteiger partial charge in [0.05, 0.1) is 0 Å². The monoisotopic (exact) mass is 366 g/mol. The summed E-state index contributed by atoms with van der Waals surface area (Å²) in [6.45, 7) is 4.88. The van der Waals surface area contributed by atoms with Gasteiger partial charge >= 0.3 is 0 Å². The minimum Gasteiger partial charge on any atom is -0.342 e. The summed E-state index contributed by atoms with van der Waals surface area (Å²) < 4.78 is 24.7. The standard InChI is InChI=1S/C18H20F2N2S2/c1-13(2)22(12-14-6-4-3-5-7-14)18(23)21-15-8-10-16(11-9-15)24-17(19)20/h3-11,13,17H,12H2,1-2H3,(H,21,23). The summed E-state index contributed by atoms with van der Waals surface area (Å²) in [6.07, 6.45) is 0. The second kappa shape index (κ2) is 8.99. The summed E-state index contributed by atoms with van der Waals surface area (Å²) in [7, 11) is 0. The minimum atomic E-state index is -2.41. The zero-order chi connectivity index (χ0) is 17.5. The van der Waals surface area contributed by atoms with E-state index < -0.39 is 5.76 Å². The Kier molecular flexibility index (Phi) is 6.99. The first-order valence-electron chi connectivity index (χ1n) is 7.62. The average Bonchev–Trinajstić information content (AvgIpc) is 2.54. The van der Waals surface area contributed by atoms with Gasteiger partial charge in [-0.15, -0.1) is 0 Å². The van der Waals surface area contributed by atoms with E-state index in [1.54, 1.807) is 24.3 Å². The van der Waals surface area contributed by atoms with Crippen molar-refractivity contribution >= 4 is 34.8 Å². The quantitative estimate of drug-likeness (QED) is 0.528. The maximum Gasteiger partial charge on any atom is 0.288 e. The van der Waals surface area contributed by atoms with Crippen LogP contribution in [0, 0.1) is 0 Å². The van der Waals surface area contributed by atoms with Crippen LogP contribution in [0.3, 0.4) is 0 Å². The smallest absolute Gasteiger partial charge is 0.288 e. The number of benzene rings is 2. The van der Waals surface area contributed by atoms with Gasteiger partial charge in [0.25, 0.3) is 5.76 Å². The van der Waals surface area contributed by atoms with Crippen molar-refractivity contribution in [2.45, 2.75) is 37.1 Å². The molecule has 0 aliphatic carbocycles. The molecule has 2 rings (SSSR count). The van der Waals surface area contributed by atoms with E-state index in [2.05, 4.69) is 36.2 Å². The number of nitrogens with zero attached hydrogens (tertiary/aromatic N) is 1. The zero-order valence-electron chi connectivity index (χ0n) is 13.6. The van der Waals surface area contributed by atoms with E-state index >= 15 is 0 Å². The summed E-state index contributed by atoms with van der Waals surface area (Å²) in [5.41, 5.74) is 1.97. The largest absolute Gasteiger partial charge is 0.342 e. The summed E-state index contributed by atoms with van der Waals surface area (Å²) in [5, 5.41) is 3.80. The first-order valence-corrected chi connectivity index (χ1v) is 8.91. The highest BCUT2D eigenvalue weighted by Crippen LogP contribution is 2.26. The van der Waals surface area contributed by atoms with Crippen LogP contribution in [0.25, 0.3) is 0 Å². The molecule has 0 amide bonds. The highest BCUT2D eigenvalue weighted by Gasteiger charge is 2.14. The van der Waals surface area contributed by atoms with Gasteiger partial charge in [-0.25, -0.2) is 0 Å². The maximum absolute atomic E-state index is 12.4. The molecule has 2 nitrogen and oxygen atoms in total. The molecule has 1 N–H and O–H groups in total. The lowest BCUT2D eigenvalue weighted by Crippen LogP contribution is -2.39. The fourth-order valence-corrected chi connectivity index (χ4v) is 3.08. The van der Waals surface area contributed by atoms with Crippen molar-refractivity contribution in [1.82, 2.24) is 4.90 Å². The summed E-state index contributed by atoms with van der Waals surface area (Å²) >= 11 is 6.06. The van der Waals surface area contributed by atoms with Crippen LogP contribution in [0.5, 0.6) is 0 Å². The number of thiocarbonyl (C=S) groups is 1. The van der Waals surface area contributed by atoms with E-state index in [-0.39, 0.29) is 6.04 Å². The number of hydrogen-bond donors (Lipinski definition) is 1. The minimum absolute atomic E-state index is 0.235. The lowest BCUT2D eigenvalue weighted by atomic mass is 10.2. The number of alkyl halides is 2. The lowest BCUT2D eigenvalue weighted by molar-refractivity contribution is 0.252. The van der Waals surface area contributed by atoms with E-state index in [1.807, 2.05) is 18.2 Å². The van der Waals surface area contributed by atoms with Gasteiger partial charge in [-0.05, 0) is 55.9 Å². The van der Waals surface area contributed by atoms with Crippen LogP contribution in [0.1, 0.15) is 19.4 Å². The van der Waals surface area contributed by atoms with Gasteiger partial charge in [0.15, 0.2) is 5.11 Å². The van der Waals surface area contributed by atoms with Gasteiger partial charge in [0.2, 0.25) is 0 Å². The number of halogens is 2. The number of thioether (sulfide) groups is 1. The molecule has 2 aromatic rings. The van der Waals surface area contributed by atoms with Crippen LogP contribution in [0.15, 0.2) is 59.5 Å². The van der Waals surface area contributed by atoms with Crippen LogP contribution in [-0.2, 0) is 6.54 Å². The number of nitrogens with one attached hydrogen (secondary N) is 1. The fourth-order valence-electron chi connectivity index (χ4n) is 2.18. The van der Waals surface area contributed by atoms with Crippen LogP contribution < -0.4 is 5.32 Å². The molecular weight excluding hydrogens is 346 g/mol. The van der Waals surface area contributed by atoms with Crippen molar-refractivity contribution in [3.05, 3.63) is 60.2 Å².